The molecule has 0 aliphatic heterocycles. The Balaban J connectivity index is 2.49. The third kappa shape index (κ3) is 4.23. The Bertz CT molecular complexity index is 730. The highest BCUT2D eigenvalue weighted by Gasteiger charge is 2.34. The fourth-order valence-corrected chi connectivity index (χ4v) is 3.66. The molecule has 0 heterocycles. The number of hydrogen-bond donors (Lipinski definition) is 0. The molecule has 0 saturated heterocycles. The summed E-state index contributed by atoms with van der Waals surface area (Å²) in [6.45, 7) is 9.81. The van der Waals surface area contributed by atoms with Crippen molar-refractivity contribution in [3.63, 3.8) is 0 Å². The molecule has 0 N–H and O–H groups in total. The highest BCUT2D eigenvalue weighted by Crippen LogP contribution is 2.42. The molecule has 0 fully saturated rings. The summed E-state index contributed by atoms with van der Waals surface area (Å²) in [7, 11) is 0. The molecular weight excluding hydrogens is 329 g/mol. The van der Waals surface area contributed by atoms with E-state index in [1.807, 2.05) is 45.0 Å². The van der Waals surface area contributed by atoms with Gasteiger partial charge in [0, 0.05) is 9.79 Å². The molecule has 0 radical (unpaired) electrons. The first-order valence-electron chi connectivity index (χ1n) is 7.90. The van der Waals surface area contributed by atoms with Crippen LogP contribution in [-0.2, 0) is 6.18 Å². The third-order valence-corrected chi connectivity index (χ3v) is 5.05. The van der Waals surface area contributed by atoms with Crippen LogP contribution in [0, 0.1) is 0 Å². The Morgan fingerprint density at radius 2 is 1.75 bits per heavy atom. The molecule has 0 bridgehead atoms. The summed E-state index contributed by atoms with van der Waals surface area (Å²) in [4.78, 5) is 1.09. The molecule has 24 heavy (non-hydrogen) atoms. The largest absolute Gasteiger partial charge is 0.417 e. The van der Waals surface area contributed by atoms with Crippen LogP contribution in [0.15, 0.2) is 58.8 Å². The van der Waals surface area contributed by atoms with E-state index < -0.39 is 11.7 Å². The minimum absolute atomic E-state index is 0.225. The van der Waals surface area contributed by atoms with E-state index in [4.69, 9.17) is 0 Å². The van der Waals surface area contributed by atoms with E-state index in [-0.39, 0.29) is 10.8 Å². The van der Waals surface area contributed by atoms with E-state index in [0.29, 0.717) is 17.6 Å². The molecule has 0 aromatic heterocycles. The Kier molecular flexibility index (Phi) is 5.81. The monoisotopic (exact) mass is 350 g/mol. The van der Waals surface area contributed by atoms with Crippen LogP contribution in [0.2, 0.25) is 0 Å². The number of rotatable bonds is 5. The van der Waals surface area contributed by atoms with Crippen LogP contribution in [0.1, 0.15) is 49.8 Å². The highest BCUT2D eigenvalue weighted by molar-refractivity contribution is 7.99. The summed E-state index contributed by atoms with van der Waals surface area (Å²) in [5.74, 6) is 0.252. The smallest absolute Gasteiger partial charge is 0.166 e. The predicted molar refractivity (Wildman–Crippen MR) is 95.4 cm³/mol. The van der Waals surface area contributed by atoms with Gasteiger partial charge >= 0.3 is 6.18 Å². The molecule has 0 aliphatic rings. The van der Waals surface area contributed by atoms with Gasteiger partial charge in [-0.2, -0.15) is 13.2 Å². The SMILES string of the molecule is C=C(CC)c1ccc(Sc2ccccc2C(C)C)c(C(F)(F)F)c1. The second-order valence-electron chi connectivity index (χ2n) is 5.96. The van der Waals surface area contributed by atoms with E-state index in [1.54, 1.807) is 12.1 Å². The van der Waals surface area contributed by atoms with Crippen LogP contribution in [0.4, 0.5) is 13.2 Å². The Morgan fingerprint density at radius 3 is 2.33 bits per heavy atom. The Hall–Kier alpha value is -1.68. The van der Waals surface area contributed by atoms with Crippen LogP contribution in [0.25, 0.3) is 5.57 Å². The van der Waals surface area contributed by atoms with Crippen molar-refractivity contribution < 1.29 is 13.2 Å². The summed E-state index contributed by atoms with van der Waals surface area (Å²) in [5.41, 5.74) is 1.71. The van der Waals surface area contributed by atoms with Gasteiger partial charge in [0.2, 0.25) is 0 Å². The van der Waals surface area contributed by atoms with Gasteiger partial charge in [-0.25, -0.2) is 0 Å². The van der Waals surface area contributed by atoms with Crippen molar-refractivity contribution in [3.8, 4) is 0 Å². The summed E-state index contributed by atoms with van der Waals surface area (Å²) in [6, 6.07) is 12.1. The molecule has 2 aromatic carbocycles. The number of alkyl halides is 3. The normalized spacial score (nSPS) is 11.8. The van der Waals surface area contributed by atoms with Crippen molar-refractivity contribution in [2.75, 3.05) is 0 Å². The first kappa shape index (κ1) is 18.7. The Morgan fingerprint density at radius 1 is 1.08 bits per heavy atom. The van der Waals surface area contributed by atoms with Crippen molar-refractivity contribution in [1.29, 1.82) is 0 Å². The lowest BCUT2D eigenvalue weighted by Gasteiger charge is -2.17. The molecule has 0 atom stereocenters. The summed E-state index contributed by atoms with van der Waals surface area (Å²) in [6.07, 6.45) is -3.76. The number of benzene rings is 2. The van der Waals surface area contributed by atoms with Crippen molar-refractivity contribution in [1.82, 2.24) is 0 Å². The molecule has 4 heteroatoms. The molecule has 0 amide bonds. The van der Waals surface area contributed by atoms with Crippen molar-refractivity contribution in [3.05, 3.63) is 65.7 Å². The molecule has 0 aliphatic carbocycles. The van der Waals surface area contributed by atoms with E-state index in [9.17, 15) is 13.2 Å². The van der Waals surface area contributed by atoms with Crippen LogP contribution in [0.3, 0.4) is 0 Å². The van der Waals surface area contributed by atoms with Gasteiger partial charge in [0.1, 0.15) is 0 Å². The van der Waals surface area contributed by atoms with Gasteiger partial charge in [0.15, 0.2) is 0 Å². The van der Waals surface area contributed by atoms with Crippen LogP contribution < -0.4 is 0 Å². The second kappa shape index (κ2) is 7.47. The topological polar surface area (TPSA) is 0 Å². The molecule has 0 saturated carbocycles. The molecule has 128 valence electrons. The molecule has 2 aromatic rings. The lowest BCUT2D eigenvalue weighted by atomic mass is 10.0. The molecule has 2 rings (SSSR count). The lowest BCUT2D eigenvalue weighted by Crippen LogP contribution is -2.07. The van der Waals surface area contributed by atoms with E-state index >= 15 is 0 Å². The first-order chi connectivity index (χ1) is 11.2. The van der Waals surface area contributed by atoms with E-state index in [0.717, 1.165) is 10.5 Å². The average Bonchev–Trinajstić information content (AvgIpc) is 2.53. The third-order valence-electron chi connectivity index (χ3n) is 3.88. The maximum absolute atomic E-state index is 13.5. The van der Waals surface area contributed by atoms with E-state index in [2.05, 4.69) is 6.58 Å². The standard InChI is InChI=1S/C20H21F3S/c1-5-14(4)15-10-11-19(17(12-15)20(21,22)23)24-18-9-7-6-8-16(18)13(2)3/h6-13H,4-5H2,1-3H3. The fraction of sp³-hybridized carbons (Fsp3) is 0.300. The molecule has 0 spiro atoms. The first-order valence-corrected chi connectivity index (χ1v) is 8.71. The van der Waals surface area contributed by atoms with Gasteiger partial charge in [-0.3, -0.25) is 0 Å². The van der Waals surface area contributed by atoms with Crippen LogP contribution in [0.5, 0.6) is 0 Å². The summed E-state index contributed by atoms with van der Waals surface area (Å²) in [5, 5.41) is 0. The second-order valence-corrected chi connectivity index (χ2v) is 7.04. The predicted octanol–water partition coefficient (Wildman–Crippen LogP) is 7.40. The van der Waals surface area contributed by atoms with Crippen molar-refractivity contribution in [2.24, 2.45) is 0 Å². The summed E-state index contributed by atoms with van der Waals surface area (Å²) < 4.78 is 40.5. The zero-order chi connectivity index (χ0) is 17.9. The maximum atomic E-state index is 13.5. The Labute approximate surface area is 145 Å². The molecular formula is C20H21F3S. The van der Waals surface area contributed by atoms with Crippen LogP contribution >= 0.6 is 11.8 Å². The molecule has 0 nitrogen and oxygen atoms in total. The fourth-order valence-electron chi connectivity index (χ4n) is 2.43. The zero-order valence-electron chi connectivity index (χ0n) is 14.1. The number of halogens is 3. The quantitative estimate of drug-likeness (QED) is 0.541. The number of allylic oxidation sites excluding steroid dienone is 1. The average molecular weight is 350 g/mol. The van der Waals surface area contributed by atoms with Crippen molar-refractivity contribution in [2.45, 2.75) is 49.1 Å². The summed E-state index contributed by atoms with van der Waals surface area (Å²) >= 11 is 1.17. The van der Waals surface area contributed by atoms with Gasteiger partial charge in [-0.05, 0) is 47.2 Å². The van der Waals surface area contributed by atoms with Gasteiger partial charge in [0.25, 0.3) is 0 Å². The minimum Gasteiger partial charge on any atom is -0.166 e. The molecule has 0 unspecified atom stereocenters. The van der Waals surface area contributed by atoms with Gasteiger partial charge in [-0.15, -0.1) is 0 Å². The number of hydrogen-bond acceptors (Lipinski definition) is 1. The van der Waals surface area contributed by atoms with E-state index in [1.165, 1.54) is 17.8 Å². The maximum Gasteiger partial charge on any atom is 0.417 e. The minimum atomic E-state index is -4.39. The lowest BCUT2D eigenvalue weighted by molar-refractivity contribution is -0.139. The van der Waals surface area contributed by atoms with Gasteiger partial charge < -0.3 is 0 Å². The van der Waals surface area contributed by atoms with Crippen molar-refractivity contribution >= 4 is 17.3 Å². The highest BCUT2D eigenvalue weighted by atomic mass is 32.2. The van der Waals surface area contributed by atoms with Crippen LogP contribution in [-0.4, -0.2) is 0 Å². The zero-order valence-corrected chi connectivity index (χ0v) is 14.9. The van der Waals surface area contributed by atoms with Gasteiger partial charge in [0.05, 0.1) is 5.56 Å². The van der Waals surface area contributed by atoms with Gasteiger partial charge in [-0.1, -0.05) is 63.4 Å².